The Bertz CT molecular complexity index is 1270. The molecule has 2 unspecified atom stereocenters. The zero-order valence-electron chi connectivity index (χ0n) is 18.9. The number of urea groups is 1. The molecule has 2 aliphatic rings. The predicted molar refractivity (Wildman–Crippen MR) is 130 cm³/mol. The number of rotatable bonds is 4. The van der Waals surface area contributed by atoms with Gasteiger partial charge in [-0.05, 0) is 54.8 Å². The molecule has 8 heteroatoms. The Kier molecular flexibility index (Phi) is 5.79. The van der Waals surface area contributed by atoms with Gasteiger partial charge in [-0.1, -0.05) is 18.2 Å². The van der Waals surface area contributed by atoms with E-state index in [1.165, 1.54) is 6.07 Å². The molecule has 1 saturated heterocycles. The van der Waals surface area contributed by atoms with Crippen molar-refractivity contribution in [2.75, 3.05) is 30.8 Å². The summed E-state index contributed by atoms with van der Waals surface area (Å²) in [7, 11) is 1.59. The zero-order chi connectivity index (χ0) is 23.7. The third-order valence-corrected chi connectivity index (χ3v) is 6.49. The molecular weight excluding hydrogens is 432 g/mol. The van der Waals surface area contributed by atoms with Crippen molar-refractivity contribution in [1.29, 1.82) is 0 Å². The molecule has 0 saturated carbocycles. The number of likely N-dealkylation sites (tertiary alicyclic amines) is 1. The van der Waals surface area contributed by atoms with E-state index in [1.807, 2.05) is 23.1 Å². The molecule has 0 aliphatic carbocycles. The Labute approximate surface area is 197 Å². The van der Waals surface area contributed by atoms with Crippen molar-refractivity contribution in [3.8, 4) is 5.75 Å². The van der Waals surface area contributed by atoms with Crippen LogP contribution in [0.3, 0.4) is 0 Å². The van der Waals surface area contributed by atoms with Crippen LogP contribution in [0, 0.1) is 5.92 Å². The van der Waals surface area contributed by atoms with Crippen LogP contribution in [-0.4, -0.2) is 41.6 Å². The molecule has 34 heavy (non-hydrogen) atoms. The van der Waals surface area contributed by atoms with E-state index < -0.39 is 0 Å². The third kappa shape index (κ3) is 4.26. The van der Waals surface area contributed by atoms with Gasteiger partial charge in [0.25, 0.3) is 11.5 Å². The number of pyridine rings is 1. The summed E-state index contributed by atoms with van der Waals surface area (Å²) in [4.78, 5) is 40.4. The standard InChI is InChI=1S/C26H26N4O4/c1-34-21-9-7-18(8-10-21)25(32)29-14-17-13-19(16-29)24-22(11-12-23(31)30(24)15-17)28-26(33)27-20-5-3-2-4-6-20/h2-12,17,19H,13-16H2,1H3,(H2,27,28,33). The van der Waals surface area contributed by atoms with Crippen molar-refractivity contribution < 1.29 is 14.3 Å². The fourth-order valence-electron chi connectivity index (χ4n) is 5.01. The van der Waals surface area contributed by atoms with E-state index in [9.17, 15) is 14.4 Å². The Balaban J connectivity index is 1.39. The number of ether oxygens (including phenoxy) is 1. The highest BCUT2D eigenvalue weighted by molar-refractivity contribution is 6.00. The largest absolute Gasteiger partial charge is 0.497 e. The molecule has 2 N–H and O–H groups in total. The lowest BCUT2D eigenvalue weighted by Gasteiger charge is -2.43. The topological polar surface area (TPSA) is 92.7 Å². The minimum atomic E-state index is -0.378. The van der Waals surface area contributed by atoms with E-state index in [0.717, 1.165) is 12.1 Å². The Hall–Kier alpha value is -4.07. The molecule has 8 nitrogen and oxygen atoms in total. The number of hydrogen-bond acceptors (Lipinski definition) is 4. The number of fused-ring (bicyclic) bond motifs is 4. The lowest BCUT2D eigenvalue weighted by Crippen LogP contribution is -2.49. The summed E-state index contributed by atoms with van der Waals surface area (Å²) >= 11 is 0. The number of carbonyl (C=O) groups excluding carboxylic acids is 2. The van der Waals surface area contributed by atoms with Crippen LogP contribution in [0.5, 0.6) is 5.75 Å². The monoisotopic (exact) mass is 458 g/mol. The Morgan fingerprint density at radius 2 is 1.68 bits per heavy atom. The number of aromatic nitrogens is 1. The van der Waals surface area contributed by atoms with E-state index in [1.54, 1.807) is 54.1 Å². The molecule has 1 fully saturated rings. The van der Waals surface area contributed by atoms with Gasteiger partial charge in [-0.15, -0.1) is 0 Å². The van der Waals surface area contributed by atoms with E-state index in [-0.39, 0.29) is 29.3 Å². The average Bonchev–Trinajstić information content (AvgIpc) is 2.86. The summed E-state index contributed by atoms with van der Waals surface area (Å²) in [5.74, 6) is 0.792. The molecule has 174 valence electrons. The molecule has 3 heterocycles. The third-order valence-electron chi connectivity index (χ3n) is 6.49. The highest BCUT2D eigenvalue weighted by atomic mass is 16.5. The number of nitrogens with one attached hydrogen (secondary N) is 2. The van der Waals surface area contributed by atoms with Gasteiger partial charge in [0.15, 0.2) is 0 Å². The smallest absolute Gasteiger partial charge is 0.323 e. The molecule has 3 aromatic rings. The van der Waals surface area contributed by atoms with Gasteiger partial charge >= 0.3 is 6.03 Å². The fraction of sp³-hybridized carbons (Fsp3) is 0.269. The van der Waals surface area contributed by atoms with Crippen molar-refractivity contribution >= 4 is 23.3 Å². The normalized spacial score (nSPS) is 18.6. The van der Waals surface area contributed by atoms with Crippen LogP contribution in [-0.2, 0) is 6.54 Å². The fourth-order valence-corrected chi connectivity index (χ4v) is 5.01. The molecule has 3 amide bonds. The van der Waals surface area contributed by atoms with Crippen LogP contribution in [0.15, 0.2) is 71.5 Å². The van der Waals surface area contributed by atoms with Crippen molar-refractivity contribution in [3.05, 3.63) is 88.3 Å². The van der Waals surface area contributed by atoms with E-state index in [4.69, 9.17) is 4.74 Å². The molecule has 0 spiro atoms. The van der Waals surface area contributed by atoms with E-state index >= 15 is 0 Å². The second-order valence-electron chi connectivity index (χ2n) is 8.76. The molecule has 2 bridgehead atoms. The lowest BCUT2D eigenvalue weighted by molar-refractivity contribution is 0.0595. The number of benzene rings is 2. The van der Waals surface area contributed by atoms with Gasteiger partial charge in [-0.25, -0.2) is 4.79 Å². The number of nitrogens with zero attached hydrogens (tertiary/aromatic N) is 2. The van der Waals surface area contributed by atoms with Crippen LogP contribution in [0.1, 0.15) is 28.4 Å². The molecule has 2 aliphatic heterocycles. The SMILES string of the molecule is COc1ccc(C(=O)N2CC3CC(C2)c2c(NC(=O)Nc4ccccc4)ccc(=O)n2C3)cc1. The van der Waals surface area contributed by atoms with Crippen molar-refractivity contribution in [3.63, 3.8) is 0 Å². The lowest BCUT2D eigenvalue weighted by atomic mass is 9.82. The summed E-state index contributed by atoms with van der Waals surface area (Å²) in [6.07, 6.45) is 0.866. The number of hydrogen-bond donors (Lipinski definition) is 2. The number of carbonyl (C=O) groups is 2. The zero-order valence-corrected chi connectivity index (χ0v) is 18.9. The van der Waals surface area contributed by atoms with Gasteiger partial charge < -0.3 is 24.8 Å². The number of amides is 3. The van der Waals surface area contributed by atoms with Crippen LogP contribution in [0.2, 0.25) is 0 Å². The van der Waals surface area contributed by atoms with Crippen LogP contribution in [0.25, 0.3) is 0 Å². The second kappa shape index (κ2) is 9.05. The molecule has 2 aromatic carbocycles. The maximum atomic E-state index is 13.2. The van der Waals surface area contributed by atoms with Gasteiger partial charge in [0.1, 0.15) is 5.75 Å². The molecule has 5 rings (SSSR count). The highest BCUT2D eigenvalue weighted by Crippen LogP contribution is 2.39. The second-order valence-corrected chi connectivity index (χ2v) is 8.76. The van der Waals surface area contributed by atoms with Gasteiger partial charge in [0, 0.05) is 48.6 Å². The van der Waals surface area contributed by atoms with Gasteiger partial charge in [0.05, 0.1) is 12.8 Å². The maximum absolute atomic E-state index is 13.2. The van der Waals surface area contributed by atoms with E-state index in [0.29, 0.717) is 42.3 Å². The number of piperidine rings is 1. The Morgan fingerprint density at radius 1 is 0.912 bits per heavy atom. The average molecular weight is 459 g/mol. The Morgan fingerprint density at radius 3 is 2.41 bits per heavy atom. The van der Waals surface area contributed by atoms with Crippen molar-refractivity contribution in [2.24, 2.45) is 5.92 Å². The quantitative estimate of drug-likeness (QED) is 0.623. The molecule has 0 radical (unpaired) electrons. The summed E-state index contributed by atoms with van der Waals surface area (Å²) in [5.41, 5.74) is 2.56. The summed E-state index contributed by atoms with van der Waals surface area (Å²) in [6, 6.07) is 19.0. The van der Waals surface area contributed by atoms with Crippen molar-refractivity contribution in [2.45, 2.75) is 18.9 Å². The first-order valence-corrected chi connectivity index (χ1v) is 11.3. The van der Waals surface area contributed by atoms with E-state index in [2.05, 4.69) is 10.6 Å². The molecular formula is C26H26N4O4. The summed E-state index contributed by atoms with van der Waals surface area (Å²) in [6.45, 7) is 1.60. The maximum Gasteiger partial charge on any atom is 0.323 e. The van der Waals surface area contributed by atoms with Gasteiger partial charge in [-0.3, -0.25) is 9.59 Å². The van der Waals surface area contributed by atoms with Gasteiger partial charge in [-0.2, -0.15) is 0 Å². The molecule has 2 atom stereocenters. The number of anilines is 2. The first kappa shape index (κ1) is 21.8. The summed E-state index contributed by atoms with van der Waals surface area (Å²) < 4.78 is 6.95. The van der Waals surface area contributed by atoms with Crippen molar-refractivity contribution in [1.82, 2.24) is 9.47 Å². The van der Waals surface area contributed by atoms with Gasteiger partial charge in [0.2, 0.25) is 0 Å². The highest BCUT2D eigenvalue weighted by Gasteiger charge is 2.38. The van der Waals surface area contributed by atoms with Crippen LogP contribution >= 0.6 is 0 Å². The minimum Gasteiger partial charge on any atom is -0.497 e. The first-order valence-electron chi connectivity index (χ1n) is 11.3. The molecule has 1 aromatic heterocycles. The number of para-hydroxylation sites is 1. The van der Waals surface area contributed by atoms with Crippen LogP contribution in [0.4, 0.5) is 16.2 Å². The first-order chi connectivity index (χ1) is 16.5. The minimum absolute atomic E-state index is 0.0413. The van der Waals surface area contributed by atoms with Crippen LogP contribution < -0.4 is 20.9 Å². The predicted octanol–water partition coefficient (Wildman–Crippen LogP) is 3.76. The summed E-state index contributed by atoms with van der Waals surface area (Å²) in [5, 5.41) is 5.72. The number of methoxy groups -OCH3 is 1.